The van der Waals surface area contributed by atoms with Crippen molar-refractivity contribution in [2.45, 2.75) is 6.92 Å². The molecule has 0 aliphatic carbocycles. The number of hydrogen-bond acceptors (Lipinski definition) is 3. The number of nitrogens with zero attached hydrogens (tertiary/aromatic N) is 1. The molecule has 4 nitrogen and oxygen atoms in total. The Balaban J connectivity index is 2.14. The van der Waals surface area contributed by atoms with Crippen LogP contribution in [0.5, 0.6) is 5.75 Å². The summed E-state index contributed by atoms with van der Waals surface area (Å²) in [5, 5.41) is 3.36. The molecule has 0 aromatic heterocycles. The fourth-order valence-corrected chi connectivity index (χ4v) is 2.13. The minimum absolute atomic E-state index is 0.106. The topological polar surface area (TPSA) is 41.6 Å². The van der Waals surface area contributed by atoms with Crippen molar-refractivity contribution < 1.29 is 9.53 Å². The quantitative estimate of drug-likeness (QED) is 0.520. The van der Waals surface area contributed by atoms with Crippen LogP contribution in [0.25, 0.3) is 6.08 Å². The number of benzene rings is 1. The van der Waals surface area contributed by atoms with Crippen molar-refractivity contribution in [2.75, 3.05) is 13.2 Å². The van der Waals surface area contributed by atoms with Gasteiger partial charge < -0.3 is 10.1 Å². The fourth-order valence-electron chi connectivity index (χ4n) is 1.81. The molecular weight excluding hydrogens is 272 g/mol. The molecule has 1 aromatic carbocycles. The van der Waals surface area contributed by atoms with E-state index in [-0.39, 0.29) is 12.5 Å². The van der Waals surface area contributed by atoms with E-state index in [1.54, 1.807) is 18.2 Å². The third-order valence-electron chi connectivity index (χ3n) is 2.79. The van der Waals surface area contributed by atoms with Crippen molar-refractivity contribution in [1.82, 2.24) is 10.2 Å². The van der Waals surface area contributed by atoms with Crippen LogP contribution in [0.4, 0.5) is 0 Å². The highest BCUT2D eigenvalue weighted by atomic mass is 32.1. The molecule has 20 heavy (non-hydrogen) atoms. The summed E-state index contributed by atoms with van der Waals surface area (Å²) in [6, 6.07) is 7.31. The molecule has 1 N–H and O–H groups in total. The Bertz CT molecular complexity index is 599. The molecule has 1 saturated heterocycles. The van der Waals surface area contributed by atoms with Gasteiger partial charge in [-0.15, -0.1) is 6.42 Å². The zero-order valence-corrected chi connectivity index (χ0v) is 11.9. The van der Waals surface area contributed by atoms with Crippen molar-refractivity contribution in [2.24, 2.45) is 0 Å². The maximum Gasteiger partial charge on any atom is 0.276 e. The smallest absolute Gasteiger partial charge is 0.276 e. The predicted octanol–water partition coefficient (Wildman–Crippen LogP) is 1.78. The molecule has 5 heteroatoms. The van der Waals surface area contributed by atoms with Gasteiger partial charge in [0.15, 0.2) is 5.11 Å². The van der Waals surface area contributed by atoms with Crippen molar-refractivity contribution in [1.29, 1.82) is 0 Å². The second-order valence-electron chi connectivity index (χ2n) is 4.10. The zero-order chi connectivity index (χ0) is 14.5. The SMILES string of the molecule is C#CCOc1ccc(C=C2NC(=S)N(CC)C2=O)cc1. The summed E-state index contributed by atoms with van der Waals surface area (Å²) in [5.74, 6) is 2.99. The lowest BCUT2D eigenvalue weighted by Gasteiger charge is -2.08. The van der Waals surface area contributed by atoms with Crippen LogP contribution in [0.2, 0.25) is 0 Å². The van der Waals surface area contributed by atoms with Gasteiger partial charge in [0.05, 0.1) is 0 Å². The Hall–Kier alpha value is -2.32. The third-order valence-corrected chi connectivity index (χ3v) is 3.11. The monoisotopic (exact) mass is 286 g/mol. The number of rotatable bonds is 4. The summed E-state index contributed by atoms with van der Waals surface area (Å²) >= 11 is 5.09. The van der Waals surface area contributed by atoms with E-state index in [1.165, 1.54) is 4.90 Å². The first-order chi connectivity index (χ1) is 9.65. The zero-order valence-electron chi connectivity index (χ0n) is 11.1. The molecule has 0 saturated carbocycles. The number of amides is 1. The van der Waals surface area contributed by atoms with Gasteiger partial charge in [0.2, 0.25) is 0 Å². The highest BCUT2D eigenvalue weighted by Gasteiger charge is 2.28. The highest BCUT2D eigenvalue weighted by molar-refractivity contribution is 7.80. The van der Waals surface area contributed by atoms with E-state index in [9.17, 15) is 4.79 Å². The Kier molecular flexibility index (Phi) is 4.38. The molecule has 0 spiro atoms. The first kappa shape index (κ1) is 14.1. The standard InChI is InChI=1S/C15H14N2O2S/c1-3-9-19-12-7-5-11(6-8-12)10-13-14(18)17(4-2)15(20)16-13/h1,5-8,10H,4,9H2,2H3,(H,16,20). The average molecular weight is 286 g/mol. The van der Waals surface area contributed by atoms with E-state index in [0.717, 1.165) is 5.56 Å². The van der Waals surface area contributed by atoms with Gasteiger partial charge in [-0.2, -0.15) is 0 Å². The molecule has 1 aliphatic heterocycles. The first-order valence-electron chi connectivity index (χ1n) is 6.16. The summed E-state index contributed by atoms with van der Waals surface area (Å²) in [4.78, 5) is 13.5. The molecular formula is C15H14N2O2S. The molecule has 1 fully saturated rings. The average Bonchev–Trinajstić information content (AvgIpc) is 2.72. The van der Waals surface area contributed by atoms with Crippen LogP contribution in [0, 0.1) is 12.3 Å². The lowest BCUT2D eigenvalue weighted by Crippen LogP contribution is -2.30. The van der Waals surface area contributed by atoms with E-state index in [1.807, 2.05) is 19.1 Å². The van der Waals surface area contributed by atoms with Gasteiger partial charge in [-0.1, -0.05) is 18.1 Å². The number of carbonyl (C=O) groups is 1. The van der Waals surface area contributed by atoms with Crippen LogP contribution >= 0.6 is 12.2 Å². The Labute approximate surface area is 123 Å². The van der Waals surface area contributed by atoms with Crippen LogP contribution in [0.15, 0.2) is 30.0 Å². The number of carbonyl (C=O) groups excluding carboxylic acids is 1. The van der Waals surface area contributed by atoms with Gasteiger partial charge in [-0.05, 0) is 42.9 Å². The number of nitrogens with one attached hydrogen (secondary N) is 1. The largest absolute Gasteiger partial charge is 0.481 e. The second kappa shape index (κ2) is 6.22. The maximum atomic E-state index is 12.0. The van der Waals surface area contributed by atoms with E-state index in [2.05, 4.69) is 11.2 Å². The molecule has 2 rings (SSSR count). The van der Waals surface area contributed by atoms with E-state index in [4.69, 9.17) is 23.4 Å². The molecule has 102 valence electrons. The molecule has 0 unspecified atom stereocenters. The third kappa shape index (κ3) is 2.98. The van der Waals surface area contributed by atoms with Crippen molar-refractivity contribution in [3.05, 3.63) is 35.5 Å². The summed E-state index contributed by atoms with van der Waals surface area (Å²) < 4.78 is 5.28. The number of likely N-dealkylation sites (N-methyl/N-ethyl adjacent to an activating group) is 1. The van der Waals surface area contributed by atoms with Gasteiger partial charge in [-0.25, -0.2) is 0 Å². The lowest BCUT2D eigenvalue weighted by atomic mass is 10.2. The minimum Gasteiger partial charge on any atom is -0.481 e. The van der Waals surface area contributed by atoms with Crippen LogP contribution in [0.3, 0.4) is 0 Å². The van der Waals surface area contributed by atoms with Crippen LogP contribution < -0.4 is 10.1 Å². The second-order valence-corrected chi connectivity index (χ2v) is 4.49. The Morgan fingerprint density at radius 2 is 2.15 bits per heavy atom. The first-order valence-corrected chi connectivity index (χ1v) is 6.57. The molecule has 1 aromatic rings. The number of terminal acetylenes is 1. The summed E-state index contributed by atoms with van der Waals surface area (Å²) in [6.07, 6.45) is 6.88. The molecule has 0 radical (unpaired) electrons. The van der Waals surface area contributed by atoms with Crippen molar-refractivity contribution >= 4 is 29.3 Å². The number of hydrogen-bond donors (Lipinski definition) is 1. The highest BCUT2D eigenvalue weighted by Crippen LogP contribution is 2.17. The molecule has 1 amide bonds. The summed E-state index contributed by atoms with van der Waals surface area (Å²) in [6.45, 7) is 2.67. The van der Waals surface area contributed by atoms with Gasteiger partial charge in [0, 0.05) is 6.54 Å². The van der Waals surface area contributed by atoms with E-state index < -0.39 is 0 Å². The minimum atomic E-state index is -0.106. The normalized spacial score (nSPS) is 16.2. The van der Waals surface area contributed by atoms with Gasteiger partial charge in [0.1, 0.15) is 18.1 Å². The fraction of sp³-hybridized carbons (Fsp3) is 0.200. The molecule has 1 heterocycles. The molecule has 1 aliphatic rings. The molecule has 0 atom stereocenters. The number of ether oxygens (including phenoxy) is 1. The van der Waals surface area contributed by atoms with Crippen molar-refractivity contribution in [3.8, 4) is 18.1 Å². The van der Waals surface area contributed by atoms with Crippen molar-refractivity contribution in [3.63, 3.8) is 0 Å². The maximum absolute atomic E-state index is 12.0. The summed E-state index contributed by atoms with van der Waals surface area (Å²) in [5.41, 5.74) is 1.36. The predicted molar refractivity (Wildman–Crippen MR) is 81.9 cm³/mol. The van der Waals surface area contributed by atoms with Crippen LogP contribution in [-0.2, 0) is 4.79 Å². The summed E-state index contributed by atoms with van der Waals surface area (Å²) in [7, 11) is 0. The van der Waals surface area contributed by atoms with Gasteiger partial charge in [0.25, 0.3) is 5.91 Å². The van der Waals surface area contributed by atoms with E-state index in [0.29, 0.717) is 23.1 Å². The molecule has 0 bridgehead atoms. The Morgan fingerprint density at radius 1 is 1.45 bits per heavy atom. The van der Waals surface area contributed by atoms with E-state index >= 15 is 0 Å². The van der Waals surface area contributed by atoms with Gasteiger partial charge >= 0.3 is 0 Å². The number of thiocarbonyl (C=S) groups is 1. The van der Waals surface area contributed by atoms with Crippen LogP contribution in [0.1, 0.15) is 12.5 Å². The Morgan fingerprint density at radius 3 is 2.70 bits per heavy atom. The lowest BCUT2D eigenvalue weighted by molar-refractivity contribution is -0.122. The van der Waals surface area contributed by atoms with Crippen LogP contribution in [-0.4, -0.2) is 29.1 Å². The van der Waals surface area contributed by atoms with Gasteiger partial charge in [-0.3, -0.25) is 9.69 Å².